The number of ether oxygens (including phenoxy) is 1. The van der Waals surface area contributed by atoms with Crippen LogP contribution in [0.5, 0.6) is 0 Å². The molecule has 1 unspecified atom stereocenters. The van der Waals surface area contributed by atoms with Gasteiger partial charge in [0.1, 0.15) is 10.7 Å². The van der Waals surface area contributed by atoms with Crippen molar-refractivity contribution < 1.29 is 18.7 Å². The normalized spacial score (nSPS) is 11.8. The highest BCUT2D eigenvalue weighted by Crippen LogP contribution is 2.23. The molecule has 1 aromatic carbocycles. The number of para-hydroxylation sites is 1. The fraction of sp³-hybridized carbons (Fsp3) is 0.111. The summed E-state index contributed by atoms with van der Waals surface area (Å²) < 4.78 is 20.6. The third-order valence-electron chi connectivity index (χ3n) is 3.50. The van der Waals surface area contributed by atoms with Gasteiger partial charge in [0.2, 0.25) is 0 Å². The van der Waals surface area contributed by atoms with Gasteiger partial charge in [0, 0.05) is 12.4 Å². The Bertz CT molecular complexity index is 889. The minimum absolute atomic E-state index is 0.0413. The maximum absolute atomic E-state index is 13.6. The second-order valence-corrected chi connectivity index (χ2v) is 6.16. The molecule has 0 spiro atoms. The second kappa shape index (κ2) is 7.31. The molecular formula is C18H15FN2O3S. The number of hydrogen-bond donors (Lipinski definition) is 1. The maximum Gasteiger partial charge on any atom is 0.351 e. The van der Waals surface area contributed by atoms with Crippen molar-refractivity contribution in [2.75, 3.05) is 5.32 Å². The van der Waals surface area contributed by atoms with Gasteiger partial charge in [0.05, 0.1) is 11.4 Å². The Morgan fingerprint density at radius 3 is 2.60 bits per heavy atom. The topological polar surface area (TPSA) is 60.3 Å². The van der Waals surface area contributed by atoms with E-state index in [-0.39, 0.29) is 5.69 Å². The number of nitrogens with zero attached hydrogens (tertiary/aromatic N) is 1. The Morgan fingerprint density at radius 2 is 1.88 bits per heavy atom. The Morgan fingerprint density at radius 1 is 1.16 bits per heavy atom. The van der Waals surface area contributed by atoms with Crippen molar-refractivity contribution in [2.45, 2.75) is 13.0 Å². The van der Waals surface area contributed by atoms with Crippen molar-refractivity contribution in [2.24, 2.45) is 0 Å². The molecular weight excluding hydrogens is 343 g/mol. The lowest BCUT2D eigenvalue weighted by atomic mass is 10.3. The first-order valence-corrected chi connectivity index (χ1v) is 8.41. The van der Waals surface area contributed by atoms with Gasteiger partial charge in [0.25, 0.3) is 5.91 Å². The highest BCUT2D eigenvalue weighted by atomic mass is 32.1. The zero-order valence-electron chi connectivity index (χ0n) is 13.3. The molecule has 0 saturated carbocycles. The monoisotopic (exact) mass is 358 g/mol. The Hall–Kier alpha value is -2.93. The van der Waals surface area contributed by atoms with E-state index >= 15 is 0 Å². The molecule has 1 amide bonds. The van der Waals surface area contributed by atoms with Crippen LogP contribution in [0.4, 0.5) is 10.1 Å². The first-order chi connectivity index (χ1) is 12.1. The van der Waals surface area contributed by atoms with Crippen molar-refractivity contribution in [1.82, 2.24) is 4.57 Å². The summed E-state index contributed by atoms with van der Waals surface area (Å²) in [7, 11) is 0. The van der Waals surface area contributed by atoms with E-state index in [1.165, 1.54) is 36.5 Å². The van der Waals surface area contributed by atoms with Crippen LogP contribution in [0.15, 0.2) is 60.2 Å². The van der Waals surface area contributed by atoms with Gasteiger partial charge in [-0.15, -0.1) is 11.3 Å². The predicted molar refractivity (Wildman–Crippen MR) is 93.6 cm³/mol. The number of rotatable bonds is 5. The molecule has 0 fully saturated rings. The number of aromatic nitrogens is 1. The standard InChI is InChI=1S/C18H15FN2O3S/c1-12(17(22)20-14-7-3-2-6-13(14)19)24-18(23)16-15(8-11-25-16)21-9-4-5-10-21/h2-12H,1H3,(H,20,22). The number of carbonyl (C=O) groups excluding carboxylic acids is 2. The second-order valence-electron chi connectivity index (χ2n) is 5.24. The lowest BCUT2D eigenvalue weighted by Crippen LogP contribution is -2.30. The van der Waals surface area contributed by atoms with Gasteiger partial charge < -0.3 is 14.6 Å². The number of halogens is 1. The summed E-state index contributed by atoms with van der Waals surface area (Å²) >= 11 is 1.23. The van der Waals surface area contributed by atoms with E-state index in [0.29, 0.717) is 10.6 Å². The third-order valence-corrected chi connectivity index (χ3v) is 4.38. The van der Waals surface area contributed by atoms with E-state index in [4.69, 9.17) is 4.74 Å². The molecule has 3 rings (SSSR count). The number of benzene rings is 1. The summed E-state index contributed by atoms with van der Waals surface area (Å²) in [4.78, 5) is 24.9. The number of anilines is 1. The quantitative estimate of drug-likeness (QED) is 0.705. The largest absolute Gasteiger partial charge is 0.448 e. The van der Waals surface area contributed by atoms with Crippen LogP contribution in [0.25, 0.3) is 5.69 Å². The minimum atomic E-state index is -1.06. The van der Waals surface area contributed by atoms with E-state index in [2.05, 4.69) is 5.32 Å². The number of nitrogens with one attached hydrogen (secondary N) is 1. The van der Waals surface area contributed by atoms with Crippen LogP contribution in [0.3, 0.4) is 0 Å². The predicted octanol–water partition coefficient (Wildman–Crippen LogP) is 3.86. The van der Waals surface area contributed by atoms with Crippen molar-refractivity contribution >= 4 is 28.9 Å². The summed E-state index contributed by atoms with van der Waals surface area (Å²) in [6.45, 7) is 1.44. The van der Waals surface area contributed by atoms with Crippen molar-refractivity contribution in [3.05, 3.63) is 70.9 Å². The fourth-order valence-electron chi connectivity index (χ4n) is 2.22. The van der Waals surface area contributed by atoms with Crippen LogP contribution in [0.2, 0.25) is 0 Å². The number of amides is 1. The van der Waals surface area contributed by atoms with E-state index in [1.54, 1.807) is 22.1 Å². The van der Waals surface area contributed by atoms with Crippen LogP contribution >= 0.6 is 11.3 Å². The number of thiophene rings is 1. The molecule has 0 saturated heterocycles. The smallest absolute Gasteiger partial charge is 0.351 e. The van der Waals surface area contributed by atoms with Gasteiger partial charge in [-0.1, -0.05) is 12.1 Å². The Labute approximate surface area is 147 Å². The zero-order chi connectivity index (χ0) is 17.8. The van der Waals surface area contributed by atoms with Crippen LogP contribution in [-0.4, -0.2) is 22.5 Å². The van der Waals surface area contributed by atoms with Crippen LogP contribution in [0.1, 0.15) is 16.6 Å². The lowest BCUT2D eigenvalue weighted by Gasteiger charge is -2.14. The van der Waals surface area contributed by atoms with Crippen molar-refractivity contribution in [3.63, 3.8) is 0 Å². The number of hydrogen-bond acceptors (Lipinski definition) is 4. The molecule has 3 aromatic rings. The first-order valence-electron chi connectivity index (χ1n) is 7.53. The highest BCUT2D eigenvalue weighted by Gasteiger charge is 2.23. The van der Waals surface area contributed by atoms with Crippen LogP contribution in [-0.2, 0) is 9.53 Å². The van der Waals surface area contributed by atoms with Gasteiger partial charge in [-0.25, -0.2) is 9.18 Å². The SMILES string of the molecule is CC(OC(=O)c1sccc1-n1cccc1)C(=O)Nc1ccccc1F. The lowest BCUT2D eigenvalue weighted by molar-refractivity contribution is -0.123. The molecule has 0 bridgehead atoms. The van der Waals surface area contributed by atoms with Gasteiger partial charge in [-0.05, 0) is 42.6 Å². The Kier molecular flexibility index (Phi) is 4.95. The fourth-order valence-corrected chi connectivity index (χ4v) is 2.99. The molecule has 0 aliphatic rings. The molecule has 128 valence electrons. The molecule has 1 N–H and O–H groups in total. The molecule has 0 aliphatic heterocycles. The third kappa shape index (κ3) is 3.77. The van der Waals surface area contributed by atoms with E-state index in [0.717, 1.165) is 0 Å². The molecule has 25 heavy (non-hydrogen) atoms. The molecule has 7 heteroatoms. The van der Waals surface area contributed by atoms with Gasteiger partial charge in [-0.3, -0.25) is 4.79 Å². The average Bonchev–Trinajstić information content (AvgIpc) is 3.27. The summed E-state index contributed by atoms with van der Waals surface area (Å²) in [6.07, 6.45) is 2.56. The average molecular weight is 358 g/mol. The summed E-state index contributed by atoms with van der Waals surface area (Å²) in [5.41, 5.74) is 0.723. The van der Waals surface area contributed by atoms with E-state index < -0.39 is 23.8 Å². The van der Waals surface area contributed by atoms with Gasteiger partial charge >= 0.3 is 5.97 Å². The molecule has 2 aromatic heterocycles. The van der Waals surface area contributed by atoms with E-state index in [9.17, 15) is 14.0 Å². The van der Waals surface area contributed by atoms with E-state index in [1.807, 2.05) is 24.5 Å². The maximum atomic E-state index is 13.6. The molecule has 5 nitrogen and oxygen atoms in total. The van der Waals surface area contributed by atoms with Gasteiger partial charge in [0.15, 0.2) is 6.10 Å². The summed E-state index contributed by atoms with van der Waals surface area (Å²) in [6, 6.07) is 11.3. The molecule has 0 radical (unpaired) electrons. The minimum Gasteiger partial charge on any atom is -0.448 e. The number of esters is 1. The Balaban J connectivity index is 1.68. The van der Waals surface area contributed by atoms with Crippen LogP contribution < -0.4 is 5.32 Å². The summed E-state index contributed by atoms with van der Waals surface area (Å²) in [5.74, 6) is -1.75. The van der Waals surface area contributed by atoms with Crippen molar-refractivity contribution in [3.8, 4) is 5.69 Å². The van der Waals surface area contributed by atoms with Crippen LogP contribution in [0, 0.1) is 5.82 Å². The highest BCUT2D eigenvalue weighted by molar-refractivity contribution is 7.12. The number of carbonyl (C=O) groups is 2. The molecule has 1 atom stereocenters. The zero-order valence-corrected chi connectivity index (χ0v) is 14.1. The van der Waals surface area contributed by atoms with Crippen molar-refractivity contribution in [1.29, 1.82) is 0 Å². The van der Waals surface area contributed by atoms with Gasteiger partial charge in [-0.2, -0.15) is 0 Å². The molecule has 2 heterocycles. The first kappa shape index (κ1) is 16.9. The molecule has 0 aliphatic carbocycles. The summed E-state index contributed by atoms with van der Waals surface area (Å²) in [5, 5.41) is 4.18.